The Labute approximate surface area is 124 Å². The Morgan fingerprint density at radius 3 is 2.71 bits per heavy atom. The summed E-state index contributed by atoms with van der Waals surface area (Å²) in [6.07, 6.45) is 0.866. The standard InChI is InChI=1S/C18H19NO2/c1-20-17-9-5-8-15-12-16(21-18(15)17)10-11-19-13-14-6-3-2-4-7-14/h2-9,12,19H,10-11,13H2,1H3. The number of furan rings is 1. The number of hydrogen-bond donors (Lipinski definition) is 1. The summed E-state index contributed by atoms with van der Waals surface area (Å²) in [5, 5.41) is 4.52. The molecule has 0 aliphatic carbocycles. The molecule has 0 fully saturated rings. The molecule has 0 atom stereocenters. The van der Waals surface area contributed by atoms with E-state index in [1.807, 2.05) is 24.3 Å². The number of hydrogen-bond acceptors (Lipinski definition) is 3. The molecule has 0 aliphatic heterocycles. The summed E-state index contributed by atoms with van der Waals surface area (Å²) in [5.74, 6) is 1.77. The van der Waals surface area contributed by atoms with Crippen LogP contribution in [0.2, 0.25) is 0 Å². The molecule has 2 aromatic carbocycles. The van der Waals surface area contributed by atoms with Gasteiger partial charge < -0.3 is 14.5 Å². The van der Waals surface area contributed by atoms with E-state index < -0.39 is 0 Å². The fourth-order valence-electron chi connectivity index (χ4n) is 2.41. The first-order chi connectivity index (χ1) is 10.4. The molecule has 0 unspecified atom stereocenters. The van der Waals surface area contributed by atoms with Gasteiger partial charge >= 0.3 is 0 Å². The Hall–Kier alpha value is -2.26. The van der Waals surface area contributed by atoms with Crippen molar-refractivity contribution >= 4 is 11.0 Å². The van der Waals surface area contributed by atoms with Gasteiger partial charge in [-0.25, -0.2) is 0 Å². The number of fused-ring (bicyclic) bond motifs is 1. The van der Waals surface area contributed by atoms with Crippen LogP contribution in [-0.4, -0.2) is 13.7 Å². The van der Waals surface area contributed by atoms with Crippen molar-refractivity contribution in [3.05, 3.63) is 65.9 Å². The van der Waals surface area contributed by atoms with Gasteiger partial charge in [-0.15, -0.1) is 0 Å². The van der Waals surface area contributed by atoms with E-state index in [-0.39, 0.29) is 0 Å². The van der Waals surface area contributed by atoms with Gasteiger partial charge in [-0.2, -0.15) is 0 Å². The lowest BCUT2D eigenvalue weighted by atomic mass is 10.2. The predicted molar refractivity (Wildman–Crippen MR) is 84.6 cm³/mol. The molecule has 1 heterocycles. The lowest BCUT2D eigenvalue weighted by Gasteiger charge is -2.03. The largest absolute Gasteiger partial charge is 0.493 e. The second kappa shape index (κ2) is 6.46. The normalized spacial score (nSPS) is 10.9. The zero-order valence-corrected chi connectivity index (χ0v) is 12.1. The van der Waals surface area contributed by atoms with Crippen molar-refractivity contribution in [1.82, 2.24) is 5.32 Å². The summed E-state index contributed by atoms with van der Waals surface area (Å²) in [6, 6.07) is 18.4. The van der Waals surface area contributed by atoms with Crippen molar-refractivity contribution < 1.29 is 9.15 Å². The van der Waals surface area contributed by atoms with Gasteiger partial charge in [-0.05, 0) is 17.7 Å². The SMILES string of the molecule is COc1cccc2cc(CCNCc3ccccc3)oc12. The topological polar surface area (TPSA) is 34.4 Å². The Morgan fingerprint density at radius 1 is 1.05 bits per heavy atom. The van der Waals surface area contributed by atoms with Crippen LogP contribution < -0.4 is 10.1 Å². The molecule has 0 aliphatic rings. The summed E-state index contributed by atoms with van der Waals surface area (Å²) in [6.45, 7) is 1.77. The lowest BCUT2D eigenvalue weighted by Crippen LogP contribution is -2.16. The van der Waals surface area contributed by atoms with E-state index in [0.29, 0.717) is 0 Å². The molecular weight excluding hydrogens is 262 g/mol. The van der Waals surface area contributed by atoms with Gasteiger partial charge in [0.15, 0.2) is 11.3 Å². The van der Waals surface area contributed by atoms with Gasteiger partial charge in [-0.3, -0.25) is 0 Å². The Kier molecular flexibility index (Phi) is 4.22. The number of benzene rings is 2. The third-order valence-electron chi connectivity index (χ3n) is 3.50. The maximum Gasteiger partial charge on any atom is 0.176 e. The van der Waals surface area contributed by atoms with E-state index in [4.69, 9.17) is 9.15 Å². The van der Waals surface area contributed by atoms with E-state index in [1.165, 1.54) is 5.56 Å². The molecule has 108 valence electrons. The number of para-hydroxylation sites is 1. The Balaban J connectivity index is 1.58. The summed E-state index contributed by atoms with van der Waals surface area (Å²) in [5.41, 5.74) is 2.13. The average molecular weight is 281 g/mol. The van der Waals surface area contributed by atoms with Gasteiger partial charge in [-0.1, -0.05) is 42.5 Å². The smallest absolute Gasteiger partial charge is 0.176 e. The van der Waals surface area contributed by atoms with Crippen LogP contribution in [0.25, 0.3) is 11.0 Å². The van der Waals surface area contributed by atoms with Gasteiger partial charge in [0.1, 0.15) is 5.76 Å². The number of methoxy groups -OCH3 is 1. The van der Waals surface area contributed by atoms with Crippen LogP contribution in [0, 0.1) is 0 Å². The van der Waals surface area contributed by atoms with E-state index in [2.05, 4.69) is 35.6 Å². The van der Waals surface area contributed by atoms with Gasteiger partial charge in [0, 0.05) is 24.9 Å². The first kappa shape index (κ1) is 13.7. The highest BCUT2D eigenvalue weighted by molar-refractivity contribution is 5.83. The Morgan fingerprint density at radius 2 is 1.90 bits per heavy atom. The fraction of sp³-hybridized carbons (Fsp3) is 0.222. The van der Waals surface area contributed by atoms with Crippen LogP contribution >= 0.6 is 0 Å². The maximum absolute atomic E-state index is 5.88. The van der Waals surface area contributed by atoms with Gasteiger partial charge in [0.2, 0.25) is 0 Å². The molecular formula is C18H19NO2. The molecule has 0 spiro atoms. The number of rotatable bonds is 6. The monoisotopic (exact) mass is 281 g/mol. The predicted octanol–water partition coefficient (Wildman–Crippen LogP) is 3.77. The molecule has 3 rings (SSSR count). The maximum atomic E-state index is 5.88. The second-order valence-electron chi connectivity index (χ2n) is 5.00. The first-order valence-electron chi connectivity index (χ1n) is 7.17. The van der Waals surface area contributed by atoms with Crippen LogP contribution in [0.4, 0.5) is 0 Å². The highest BCUT2D eigenvalue weighted by Gasteiger charge is 2.08. The fourth-order valence-corrected chi connectivity index (χ4v) is 2.41. The minimum atomic E-state index is 0.788. The summed E-state index contributed by atoms with van der Waals surface area (Å²) >= 11 is 0. The van der Waals surface area contributed by atoms with Crippen LogP contribution in [0.5, 0.6) is 5.75 Å². The Bertz CT molecular complexity index is 704. The summed E-state index contributed by atoms with van der Waals surface area (Å²) in [4.78, 5) is 0. The molecule has 21 heavy (non-hydrogen) atoms. The third kappa shape index (κ3) is 3.26. The first-order valence-corrected chi connectivity index (χ1v) is 7.17. The van der Waals surface area contributed by atoms with E-state index in [9.17, 15) is 0 Å². The van der Waals surface area contributed by atoms with Crippen LogP contribution in [0.3, 0.4) is 0 Å². The van der Waals surface area contributed by atoms with Crippen molar-refractivity contribution in [1.29, 1.82) is 0 Å². The minimum absolute atomic E-state index is 0.788. The van der Waals surface area contributed by atoms with Crippen molar-refractivity contribution in [2.75, 3.05) is 13.7 Å². The summed E-state index contributed by atoms with van der Waals surface area (Å²) < 4.78 is 11.2. The second-order valence-corrected chi connectivity index (χ2v) is 5.00. The number of ether oxygens (including phenoxy) is 1. The van der Waals surface area contributed by atoms with Crippen molar-refractivity contribution in [2.24, 2.45) is 0 Å². The molecule has 0 saturated heterocycles. The van der Waals surface area contributed by atoms with E-state index in [0.717, 1.165) is 42.0 Å². The van der Waals surface area contributed by atoms with E-state index in [1.54, 1.807) is 7.11 Å². The molecule has 0 bridgehead atoms. The van der Waals surface area contributed by atoms with Crippen LogP contribution in [0.1, 0.15) is 11.3 Å². The van der Waals surface area contributed by atoms with Crippen molar-refractivity contribution in [2.45, 2.75) is 13.0 Å². The van der Waals surface area contributed by atoms with Crippen molar-refractivity contribution in [3.63, 3.8) is 0 Å². The van der Waals surface area contributed by atoms with Crippen LogP contribution in [-0.2, 0) is 13.0 Å². The van der Waals surface area contributed by atoms with Crippen LogP contribution in [0.15, 0.2) is 59.0 Å². The number of nitrogens with one attached hydrogen (secondary N) is 1. The van der Waals surface area contributed by atoms with Gasteiger partial charge in [0.05, 0.1) is 7.11 Å². The molecule has 3 heteroatoms. The molecule has 1 N–H and O–H groups in total. The quantitative estimate of drug-likeness (QED) is 0.698. The van der Waals surface area contributed by atoms with E-state index >= 15 is 0 Å². The van der Waals surface area contributed by atoms with Crippen molar-refractivity contribution in [3.8, 4) is 5.75 Å². The lowest BCUT2D eigenvalue weighted by molar-refractivity contribution is 0.407. The highest BCUT2D eigenvalue weighted by Crippen LogP contribution is 2.28. The molecule has 0 saturated carbocycles. The molecule has 1 aromatic heterocycles. The zero-order chi connectivity index (χ0) is 14.5. The highest BCUT2D eigenvalue weighted by atomic mass is 16.5. The van der Waals surface area contributed by atoms with Gasteiger partial charge in [0.25, 0.3) is 0 Å². The molecule has 0 radical (unpaired) electrons. The molecule has 3 nitrogen and oxygen atoms in total. The third-order valence-corrected chi connectivity index (χ3v) is 3.50. The molecule has 0 amide bonds. The zero-order valence-electron chi connectivity index (χ0n) is 12.1. The summed E-state index contributed by atoms with van der Waals surface area (Å²) in [7, 11) is 1.67. The molecule has 3 aromatic rings. The average Bonchev–Trinajstić information content (AvgIpc) is 2.95. The minimum Gasteiger partial charge on any atom is -0.493 e.